The molecule has 1 N–H and O–H groups in total. The van der Waals surface area contributed by atoms with Crippen LogP contribution < -0.4 is 5.32 Å². The smallest absolute Gasteiger partial charge is 0.254 e. The van der Waals surface area contributed by atoms with Crippen LogP contribution in [0, 0.1) is 11.7 Å². The molecule has 0 saturated heterocycles. The molecule has 3 nitrogen and oxygen atoms in total. The van der Waals surface area contributed by atoms with Crippen LogP contribution in [0.2, 0.25) is 0 Å². The molecule has 118 valence electrons. The van der Waals surface area contributed by atoms with E-state index in [2.05, 4.69) is 40.0 Å². The number of benzene rings is 1. The van der Waals surface area contributed by atoms with E-state index >= 15 is 0 Å². The van der Waals surface area contributed by atoms with Crippen molar-refractivity contribution < 1.29 is 9.18 Å². The monoisotopic (exact) mass is 358 g/mol. The second-order valence-corrected chi connectivity index (χ2v) is 6.27. The highest BCUT2D eigenvalue weighted by molar-refractivity contribution is 9.10. The molecule has 0 saturated carbocycles. The highest BCUT2D eigenvalue weighted by Crippen LogP contribution is 2.19. The molecule has 0 radical (unpaired) electrons. The molecule has 0 spiro atoms. The number of nitrogens with one attached hydrogen (secondary N) is 1. The second-order valence-electron chi connectivity index (χ2n) is 5.42. The number of rotatable bonds is 7. The third-order valence-corrected chi connectivity index (χ3v) is 4.54. The fourth-order valence-corrected chi connectivity index (χ4v) is 2.94. The molecular formula is C16H24BrFN2O. The molecule has 0 heterocycles. The van der Waals surface area contributed by atoms with E-state index in [0.717, 1.165) is 12.8 Å². The van der Waals surface area contributed by atoms with Gasteiger partial charge < -0.3 is 10.2 Å². The standard InChI is InChI=1S/C16H24BrFN2O/c1-5-11(6-2)14(20(3)4)10-19-16(21)12-8-7-9-13(17)15(12)18/h7-9,11,14H,5-6,10H2,1-4H3,(H,19,21). The summed E-state index contributed by atoms with van der Waals surface area (Å²) in [6, 6.07) is 4.99. The average molecular weight is 359 g/mol. The average Bonchev–Trinajstić information content (AvgIpc) is 2.45. The normalized spacial score (nSPS) is 12.8. The zero-order chi connectivity index (χ0) is 16.0. The van der Waals surface area contributed by atoms with Gasteiger partial charge in [-0.3, -0.25) is 4.79 Å². The molecule has 1 aromatic carbocycles. The lowest BCUT2D eigenvalue weighted by Crippen LogP contribution is -2.44. The Morgan fingerprint density at radius 3 is 2.48 bits per heavy atom. The van der Waals surface area contributed by atoms with Gasteiger partial charge in [0.1, 0.15) is 5.82 Å². The largest absolute Gasteiger partial charge is 0.350 e. The fraction of sp³-hybridized carbons (Fsp3) is 0.562. The number of hydrogen-bond acceptors (Lipinski definition) is 2. The van der Waals surface area contributed by atoms with Crippen molar-refractivity contribution in [2.24, 2.45) is 5.92 Å². The molecule has 1 aromatic rings. The van der Waals surface area contributed by atoms with E-state index in [4.69, 9.17) is 0 Å². The van der Waals surface area contributed by atoms with Crippen molar-refractivity contribution in [2.45, 2.75) is 32.7 Å². The van der Waals surface area contributed by atoms with Crippen molar-refractivity contribution in [1.29, 1.82) is 0 Å². The summed E-state index contributed by atoms with van der Waals surface area (Å²) < 4.78 is 14.2. The molecule has 1 amide bonds. The Morgan fingerprint density at radius 2 is 1.95 bits per heavy atom. The fourth-order valence-electron chi connectivity index (χ4n) is 2.58. The maximum absolute atomic E-state index is 13.9. The minimum absolute atomic E-state index is 0.0754. The van der Waals surface area contributed by atoms with Crippen LogP contribution in [0.1, 0.15) is 37.0 Å². The van der Waals surface area contributed by atoms with E-state index in [1.54, 1.807) is 12.1 Å². The Labute approximate surface area is 135 Å². The van der Waals surface area contributed by atoms with Crippen molar-refractivity contribution in [3.63, 3.8) is 0 Å². The summed E-state index contributed by atoms with van der Waals surface area (Å²) in [6.45, 7) is 4.82. The van der Waals surface area contributed by atoms with Gasteiger partial charge in [0.15, 0.2) is 0 Å². The van der Waals surface area contributed by atoms with Crippen LogP contribution in [0.4, 0.5) is 4.39 Å². The number of hydrogen-bond donors (Lipinski definition) is 1. The van der Waals surface area contributed by atoms with Gasteiger partial charge in [-0.2, -0.15) is 0 Å². The first-order chi connectivity index (χ1) is 9.92. The van der Waals surface area contributed by atoms with E-state index in [0.29, 0.717) is 16.9 Å². The Balaban J connectivity index is 2.76. The Hall–Kier alpha value is -0.940. The van der Waals surface area contributed by atoms with E-state index in [1.807, 2.05) is 14.1 Å². The van der Waals surface area contributed by atoms with Gasteiger partial charge in [-0.15, -0.1) is 0 Å². The summed E-state index contributed by atoms with van der Waals surface area (Å²) >= 11 is 3.10. The van der Waals surface area contributed by atoms with E-state index in [-0.39, 0.29) is 17.5 Å². The lowest BCUT2D eigenvalue weighted by Gasteiger charge is -2.31. The minimum Gasteiger partial charge on any atom is -0.350 e. The van der Waals surface area contributed by atoms with Crippen molar-refractivity contribution in [1.82, 2.24) is 10.2 Å². The van der Waals surface area contributed by atoms with Crippen LogP contribution in [0.5, 0.6) is 0 Å². The maximum Gasteiger partial charge on any atom is 0.254 e. The zero-order valence-electron chi connectivity index (χ0n) is 13.1. The second kappa shape index (κ2) is 8.49. The van der Waals surface area contributed by atoms with Crippen LogP contribution in [0.3, 0.4) is 0 Å². The topological polar surface area (TPSA) is 32.3 Å². The van der Waals surface area contributed by atoms with E-state index < -0.39 is 5.82 Å². The first-order valence-corrected chi connectivity index (χ1v) is 8.10. The summed E-state index contributed by atoms with van der Waals surface area (Å²) in [5.41, 5.74) is 0.0754. The quantitative estimate of drug-likeness (QED) is 0.806. The van der Waals surface area contributed by atoms with Gasteiger partial charge in [0.25, 0.3) is 5.91 Å². The zero-order valence-corrected chi connectivity index (χ0v) is 14.7. The molecule has 0 aliphatic rings. The van der Waals surface area contributed by atoms with Gasteiger partial charge in [-0.25, -0.2) is 4.39 Å². The minimum atomic E-state index is -0.515. The Kier molecular flexibility index (Phi) is 7.32. The van der Waals surface area contributed by atoms with Crippen molar-refractivity contribution in [3.8, 4) is 0 Å². The Bertz CT molecular complexity index is 475. The Morgan fingerprint density at radius 1 is 1.33 bits per heavy atom. The number of carbonyl (C=O) groups excluding carboxylic acids is 1. The third-order valence-electron chi connectivity index (χ3n) is 3.92. The highest BCUT2D eigenvalue weighted by atomic mass is 79.9. The molecule has 0 bridgehead atoms. The molecule has 0 aliphatic carbocycles. The number of carbonyl (C=O) groups is 1. The summed E-state index contributed by atoms with van der Waals surface area (Å²) in [5, 5.41) is 2.86. The number of halogens is 2. The van der Waals surface area contributed by atoms with Crippen LogP contribution >= 0.6 is 15.9 Å². The maximum atomic E-state index is 13.9. The number of nitrogens with zero attached hydrogens (tertiary/aromatic N) is 1. The van der Waals surface area contributed by atoms with Crippen molar-refractivity contribution in [2.75, 3.05) is 20.6 Å². The third kappa shape index (κ3) is 4.78. The van der Waals surface area contributed by atoms with Crippen LogP contribution in [0.15, 0.2) is 22.7 Å². The number of amides is 1. The van der Waals surface area contributed by atoms with Gasteiger partial charge in [0, 0.05) is 12.6 Å². The lowest BCUT2D eigenvalue weighted by atomic mass is 9.93. The predicted molar refractivity (Wildman–Crippen MR) is 88.0 cm³/mol. The van der Waals surface area contributed by atoms with E-state index in [9.17, 15) is 9.18 Å². The van der Waals surface area contributed by atoms with Gasteiger partial charge >= 0.3 is 0 Å². The van der Waals surface area contributed by atoms with Crippen LogP contribution in [0.25, 0.3) is 0 Å². The van der Waals surface area contributed by atoms with Crippen LogP contribution in [-0.2, 0) is 0 Å². The summed E-state index contributed by atoms with van der Waals surface area (Å²) in [5.74, 6) is -0.377. The number of likely N-dealkylation sites (N-methyl/N-ethyl adjacent to an activating group) is 1. The molecule has 1 rings (SSSR count). The molecular weight excluding hydrogens is 335 g/mol. The summed E-state index contributed by atoms with van der Waals surface area (Å²) in [4.78, 5) is 14.3. The molecule has 5 heteroatoms. The lowest BCUT2D eigenvalue weighted by molar-refractivity contribution is 0.0924. The van der Waals surface area contributed by atoms with Gasteiger partial charge in [-0.1, -0.05) is 32.8 Å². The van der Waals surface area contributed by atoms with Crippen molar-refractivity contribution >= 4 is 21.8 Å². The first kappa shape index (κ1) is 18.1. The van der Waals surface area contributed by atoms with Crippen LogP contribution in [-0.4, -0.2) is 37.5 Å². The predicted octanol–water partition coefficient (Wildman–Crippen LogP) is 3.68. The van der Waals surface area contributed by atoms with Gasteiger partial charge in [0.05, 0.1) is 10.0 Å². The molecule has 0 fully saturated rings. The highest BCUT2D eigenvalue weighted by Gasteiger charge is 2.22. The first-order valence-electron chi connectivity index (χ1n) is 7.30. The molecule has 0 aliphatic heterocycles. The van der Waals surface area contributed by atoms with Crippen molar-refractivity contribution in [3.05, 3.63) is 34.1 Å². The van der Waals surface area contributed by atoms with Gasteiger partial charge in [0.2, 0.25) is 0 Å². The van der Waals surface area contributed by atoms with Gasteiger partial charge in [-0.05, 0) is 48.1 Å². The molecule has 1 atom stereocenters. The molecule has 0 aromatic heterocycles. The van der Waals surface area contributed by atoms with E-state index in [1.165, 1.54) is 6.07 Å². The SMILES string of the molecule is CCC(CC)C(CNC(=O)c1cccc(Br)c1F)N(C)C. The molecule has 21 heavy (non-hydrogen) atoms. The summed E-state index contributed by atoms with van der Waals surface area (Å²) in [6.07, 6.45) is 2.11. The summed E-state index contributed by atoms with van der Waals surface area (Å²) in [7, 11) is 4.02. The molecule has 1 unspecified atom stereocenters.